The summed E-state index contributed by atoms with van der Waals surface area (Å²) in [5, 5.41) is 0. The monoisotopic (exact) mass is 560 g/mol. The van der Waals surface area contributed by atoms with Crippen LogP contribution in [0.1, 0.15) is 68.9 Å². The number of hydrogen-bond acceptors (Lipinski definition) is 0. The van der Waals surface area contributed by atoms with Crippen molar-refractivity contribution in [1.82, 2.24) is 0 Å². The molecule has 0 fully saturated rings. The normalized spacial score (nSPS) is 19.6. The van der Waals surface area contributed by atoms with Crippen LogP contribution in [0.2, 0.25) is 3.17 Å². The van der Waals surface area contributed by atoms with Crippen LogP contribution in [-0.4, -0.2) is 0 Å². The Labute approximate surface area is 193 Å². The van der Waals surface area contributed by atoms with Gasteiger partial charge in [-0.3, -0.25) is 0 Å². The van der Waals surface area contributed by atoms with E-state index in [9.17, 15) is 0 Å². The second kappa shape index (κ2) is 7.59. The summed E-state index contributed by atoms with van der Waals surface area (Å²) in [6.45, 7) is 12.1. The van der Waals surface area contributed by atoms with Gasteiger partial charge in [0, 0.05) is 0 Å². The average Bonchev–Trinajstić information content (AvgIpc) is 3.39. The van der Waals surface area contributed by atoms with Gasteiger partial charge in [0.2, 0.25) is 0 Å². The van der Waals surface area contributed by atoms with Gasteiger partial charge in [-0.15, -0.1) is 0 Å². The fourth-order valence-corrected chi connectivity index (χ4v) is 13.1. The molecule has 0 aromatic heterocycles. The molecule has 2 aromatic carbocycles. The topological polar surface area (TPSA) is 0 Å². The zero-order chi connectivity index (χ0) is 21.0. The first kappa shape index (κ1) is 20.4. The van der Waals surface area contributed by atoms with Gasteiger partial charge in [0.15, 0.2) is 0 Å². The molecule has 152 valence electrons. The Morgan fingerprint density at radius 1 is 0.833 bits per heavy atom. The van der Waals surface area contributed by atoms with Gasteiger partial charge in [-0.25, -0.2) is 0 Å². The van der Waals surface area contributed by atoms with Crippen LogP contribution in [0, 0.1) is 0 Å². The van der Waals surface area contributed by atoms with Gasteiger partial charge in [-0.1, -0.05) is 0 Å². The number of rotatable bonds is 4. The average molecular weight is 559 g/mol. The Morgan fingerprint density at radius 2 is 1.50 bits per heavy atom. The van der Waals surface area contributed by atoms with E-state index in [4.69, 9.17) is 0 Å². The molecule has 0 radical (unpaired) electrons. The predicted molar refractivity (Wildman–Crippen MR) is 124 cm³/mol. The predicted octanol–water partition coefficient (Wildman–Crippen LogP) is 7.63. The Morgan fingerprint density at radius 3 is 2.20 bits per heavy atom. The van der Waals surface area contributed by atoms with Gasteiger partial charge in [0.25, 0.3) is 0 Å². The second-order valence-electron chi connectivity index (χ2n) is 9.64. The SMILES string of the molecule is CC1=C(C)[C](C)([Hf][C]2=C(Cc3ccccc3)c3c(ccc4c3CCC4)C2)C(C)=C1C. The van der Waals surface area contributed by atoms with E-state index in [0.29, 0.717) is 3.17 Å². The van der Waals surface area contributed by atoms with Crippen molar-refractivity contribution in [2.75, 3.05) is 0 Å². The fraction of sp³-hybridized carbons (Fsp3) is 0.379. The van der Waals surface area contributed by atoms with Crippen LogP contribution in [0.15, 0.2) is 68.1 Å². The van der Waals surface area contributed by atoms with E-state index in [1.807, 2.05) is 3.33 Å². The number of aryl methyl sites for hydroxylation is 1. The molecule has 0 bridgehead atoms. The third-order valence-corrected chi connectivity index (χ3v) is 15.5. The molecule has 3 aliphatic carbocycles. The molecule has 0 amide bonds. The second-order valence-corrected chi connectivity index (χ2v) is 16.3. The van der Waals surface area contributed by atoms with Crippen molar-refractivity contribution in [3.05, 3.63) is 95.9 Å². The molecule has 0 aliphatic heterocycles. The van der Waals surface area contributed by atoms with Crippen LogP contribution in [0.25, 0.3) is 5.57 Å². The summed E-state index contributed by atoms with van der Waals surface area (Å²) in [6.07, 6.45) is 6.24. The van der Waals surface area contributed by atoms with E-state index in [-0.39, 0.29) is 0 Å². The Hall–Kier alpha value is -1.47. The molecule has 0 nitrogen and oxygen atoms in total. The van der Waals surface area contributed by atoms with Crippen LogP contribution in [0.3, 0.4) is 0 Å². The van der Waals surface area contributed by atoms with E-state index in [0.717, 1.165) is 6.42 Å². The standard InChI is InChI=1S/C19H17.C10H15.Hf/c1-2-5-14(6-3-1)13-17-12-11-16-10-9-15-7-4-8-18(15)19(16)17;1-6-7(2)9(4)10(5)8(6)3;/h1-3,5-6,9-10H,4,7-8,11,13H2;1-5H3;. The van der Waals surface area contributed by atoms with E-state index >= 15 is 0 Å². The van der Waals surface area contributed by atoms with Crippen LogP contribution in [-0.2, 0) is 48.6 Å². The molecule has 2 aromatic rings. The molecule has 0 spiro atoms. The van der Waals surface area contributed by atoms with Crippen molar-refractivity contribution >= 4 is 5.57 Å². The minimum atomic E-state index is -1.12. The summed E-state index contributed by atoms with van der Waals surface area (Å²) in [7, 11) is 0. The first-order valence-corrected chi connectivity index (χ1v) is 15.0. The Balaban J connectivity index is 1.63. The van der Waals surface area contributed by atoms with E-state index in [1.165, 1.54) is 31.2 Å². The van der Waals surface area contributed by atoms with Gasteiger partial charge in [0.05, 0.1) is 0 Å². The van der Waals surface area contributed by atoms with E-state index in [2.05, 4.69) is 77.1 Å². The summed E-state index contributed by atoms with van der Waals surface area (Å²) < 4.78 is 2.23. The summed E-state index contributed by atoms with van der Waals surface area (Å²) in [6, 6.07) is 16.1. The molecule has 0 N–H and O–H groups in total. The Bertz CT molecular complexity index is 1100. The van der Waals surface area contributed by atoms with Crippen molar-refractivity contribution < 1.29 is 22.9 Å². The van der Waals surface area contributed by atoms with Crippen LogP contribution >= 0.6 is 0 Å². The summed E-state index contributed by atoms with van der Waals surface area (Å²) in [5.74, 6) is 0. The van der Waals surface area contributed by atoms with E-state index < -0.39 is 22.9 Å². The molecule has 0 unspecified atom stereocenters. The number of fused-ring (bicyclic) bond motifs is 3. The van der Waals surface area contributed by atoms with Gasteiger partial charge in [0.1, 0.15) is 0 Å². The molecular formula is C29H32Hf. The summed E-state index contributed by atoms with van der Waals surface area (Å²) >= 11 is -1.12. The quantitative estimate of drug-likeness (QED) is 0.338. The molecule has 5 rings (SSSR count). The molecule has 3 aliphatic rings. The maximum atomic E-state index is 2.57. The third kappa shape index (κ3) is 3.11. The van der Waals surface area contributed by atoms with Gasteiger partial charge in [-0.05, 0) is 0 Å². The number of allylic oxidation sites excluding steroid dienone is 6. The molecular weight excluding hydrogens is 527 g/mol. The first-order valence-electron chi connectivity index (χ1n) is 11.4. The molecule has 0 saturated carbocycles. The van der Waals surface area contributed by atoms with Gasteiger partial charge >= 0.3 is 194 Å². The maximum absolute atomic E-state index is 2.57. The number of benzene rings is 2. The molecule has 0 atom stereocenters. The van der Waals surface area contributed by atoms with Crippen molar-refractivity contribution in [1.29, 1.82) is 0 Å². The molecule has 1 heteroatoms. The fourth-order valence-electron chi connectivity index (χ4n) is 5.88. The zero-order valence-electron chi connectivity index (χ0n) is 19.1. The molecule has 0 heterocycles. The molecule has 0 saturated heterocycles. The molecule has 30 heavy (non-hydrogen) atoms. The van der Waals surface area contributed by atoms with Crippen molar-refractivity contribution in [2.45, 2.75) is 69.9 Å². The van der Waals surface area contributed by atoms with E-state index in [1.54, 1.807) is 50.1 Å². The van der Waals surface area contributed by atoms with Crippen LogP contribution in [0.4, 0.5) is 0 Å². The van der Waals surface area contributed by atoms with Crippen LogP contribution in [0.5, 0.6) is 0 Å². The van der Waals surface area contributed by atoms with Gasteiger partial charge < -0.3 is 0 Å². The van der Waals surface area contributed by atoms with Gasteiger partial charge in [-0.2, -0.15) is 0 Å². The minimum absolute atomic E-state index is 0.358. The summed E-state index contributed by atoms with van der Waals surface area (Å²) in [5.41, 5.74) is 16.3. The van der Waals surface area contributed by atoms with Crippen molar-refractivity contribution in [3.8, 4) is 0 Å². The zero-order valence-corrected chi connectivity index (χ0v) is 22.7. The van der Waals surface area contributed by atoms with Crippen molar-refractivity contribution in [3.63, 3.8) is 0 Å². The third-order valence-electron chi connectivity index (χ3n) is 8.21. The Kier molecular flexibility index (Phi) is 5.17. The number of hydrogen-bond donors (Lipinski definition) is 0. The van der Waals surface area contributed by atoms with Crippen molar-refractivity contribution in [2.24, 2.45) is 0 Å². The van der Waals surface area contributed by atoms with Crippen LogP contribution < -0.4 is 0 Å². The summed E-state index contributed by atoms with van der Waals surface area (Å²) in [4.78, 5) is 0. The first-order chi connectivity index (χ1) is 14.4.